The summed E-state index contributed by atoms with van der Waals surface area (Å²) in [5.41, 5.74) is 1.01. The van der Waals surface area contributed by atoms with Crippen molar-refractivity contribution in [3.05, 3.63) is 90.3 Å². The second-order valence-electron chi connectivity index (χ2n) is 10.8. The number of para-hydroxylation sites is 2. The fourth-order valence-electron chi connectivity index (χ4n) is 5.60. The molecule has 1 aliphatic carbocycles. The van der Waals surface area contributed by atoms with Gasteiger partial charge in [0.05, 0.1) is 35.0 Å². The molecular weight excluding hydrogens is 568 g/mol. The number of aromatic nitrogens is 2. The highest BCUT2D eigenvalue weighted by Crippen LogP contribution is 2.45. The van der Waals surface area contributed by atoms with Crippen LogP contribution < -0.4 is 10.1 Å². The van der Waals surface area contributed by atoms with Crippen molar-refractivity contribution in [2.75, 3.05) is 6.54 Å². The number of aliphatic hydroxyl groups is 1. The molecular formula is C32H30N4O6S. The molecule has 0 spiro atoms. The lowest BCUT2D eigenvalue weighted by Crippen LogP contribution is -2.53. The number of carbonyl (C=O) groups excluding carboxylic acids is 2. The molecule has 0 unspecified atom stereocenters. The largest absolute Gasteiger partial charge is 0.479 e. The van der Waals surface area contributed by atoms with Crippen LogP contribution in [-0.4, -0.2) is 67.1 Å². The number of hydrogen-bond acceptors (Lipinski definition) is 8. The second kappa shape index (κ2) is 11.6. The molecule has 6 rings (SSSR count). The summed E-state index contributed by atoms with van der Waals surface area (Å²) in [6, 6.07) is 19.0. The number of thiophene rings is 1. The van der Waals surface area contributed by atoms with Crippen molar-refractivity contribution in [3.8, 4) is 16.5 Å². The lowest BCUT2D eigenvalue weighted by molar-refractivity contribution is -0.145. The Bertz CT molecular complexity index is 1680. The molecule has 4 aromatic rings. The molecule has 43 heavy (non-hydrogen) atoms. The Labute approximate surface area is 251 Å². The number of aliphatic hydroxyl groups excluding tert-OH is 1. The van der Waals surface area contributed by atoms with Gasteiger partial charge >= 0.3 is 5.97 Å². The number of carboxylic acids is 1. The molecule has 10 nitrogen and oxygen atoms in total. The van der Waals surface area contributed by atoms with Gasteiger partial charge in [-0.2, -0.15) is 0 Å². The summed E-state index contributed by atoms with van der Waals surface area (Å²) >= 11 is 1.49. The molecule has 1 saturated carbocycles. The van der Waals surface area contributed by atoms with Gasteiger partial charge in [0.2, 0.25) is 17.7 Å². The third kappa shape index (κ3) is 5.61. The fourth-order valence-corrected chi connectivity index (χ4v) is 6.30. The van der Waals surface area contributed by atoms with E-state index in [0.717, 1.165) is 4.88 Å². The zero-order valence-electron chi connectivity index (χ0n) is 23.1. The molecule has 1 aliphatic heterocycles. The Balaban J connectivity index is 1.28. The molecule has 11 heteroatoms. The van der Waals surface area contributed by atoms with Crippen molar-refractivity contribution in [1.29, 1.82) is 0 Å². The van der Waals surface area contributed by atoms with Crippen LogP contribution in [0.15, 0.2) is 84.8 Å². The predicted molar refractivity (Wildman–Crippen MR) is 160 cm³/mol. The van der Waals surface area contributed by atoms with E-state index in [2.05, 4.69) is 11.9 Å². The Morgan fingerprint density at radius 2 is 1.81 bits per heavy atom. The summed E-state index contributed by atoms with van der Waals surface area (Å²) in [5.74, 6) is -2.33. The number of likely N-dealkylation sites (tertiary alicyclic amines) is 1. The Kier molecular flexibility index (Phi) is 7.68. The Morgan fingerprint density at radius 3 is 2.47 bits per heavy atom. The molecule has 3 heterocycles. The maximum absolute atomic E-state index is 13.6. The summed E-state index contributed by atoms with van der Waals surface area (Å²) in [6.07, 6.45) is -0.131. The molecule has 0 bridgehead atoms. The van der Waals surface area contributed by atoms with Crippen LogP contribution in [0, 0.1) is 5.92 Å². The minimum absolute atomic E-state index is 0.0434. The monoisotopic (exact) mass is 598 g/mol. The number of carboxylic acid groups (broad SMARTS) is 1. The highest BCUT2D eigenvalue weighted by Gasteiger charge is 2.61. The van der Waals surface area contributed by atoms with E-state index in [0.29, 0.717) is 22.3 Å². The van der Waals surface area contributed by atoms with E-state index in [1.54, 1.807) is 24.3 Å². The number of nitrogens with zero attached hydrogens (tertiary/aromatic N) is 3. The number of hydrogen-bond donors (Lipinski definition) is 3. The normalized spacial score (nSPS) is 23.5. The number of fused-ring (bicyclic) bond motifs is 1. The van der Waals surface area contributed by atoms with Gasteiger partial charge in [-0.1, -0.05) is 54.6 Å². The molecule has 5 atom stereocenters. The van der Waals surface area contributed by atoms with E-state index in [1.807, 2.05) is 47.8 Å². The van der Waals surface area contributed by atoms with Gasteiger partial charge in [-0.15, -0.1) is 17.9 Å². The average Bonchev–Trinajstić information content (AvgIpc) is 3.31. The standard InChI is InChI=1S/C32H30N4O6S/c1-2-20-17-32(20,31(40)41)35-29(39)24-15-21(18-36(24)27(38)16-25(37)19-9-4-3-5-10-19)42-30-28(26-13-8-14-43-26)33-22-11-6-7-12-23(22)34-30/h2-14,20-21,24-25,37H,1,15-18H2,(H,35,39)(H,40,41)/t20-,21-,24+,25+,32-/m1/s1. The number of carbonyl (C=O) groups is 3. The van der Waals surface area contributed by atoms with Gasteiger partial charge in [-0.05, 0) is 35.6 Å². The van der Waals surface area contributed by atoms with E-state index in [1.165, 1.54) is 22.3 Å². The number of aliphatic carboxylic acids is 1. The zero-order valence-corrected chi connectivity index (χ0v) is 23.9. The maximum Gasteiger partial charge on any atom is 0.330 e. The molecule has 220 valence electrons. The first kappa shape index (κ1) is 28.5. The topological polar surface area (TPSA) is 142 Å². The van der Waals surface area contributed by atoms with Gasteiger partial charge in [0.25, 0.3) is 0 Å². The summed E-state index contributed by atoms with van der Waals surface area (Å²) in [6.45, 7) is 3.72. The lowest BCUT2D eigenvalue weighted by Gasteiger charge is -2.26. The molecule has 2 aromatic carbocycles. The molecule has 2 aromatic heterocycles. The van der Waals surface area contributed by atoms with E-state index in [9.17, 15) is 24.6 Å². The smallest absolute Gasteiger partial charge is 0.330 e. The first-order valence-corrected chi connectivity index (χ1v) is 14.8. The number of rotatable bonds is 10. The fraction of sp³-hybridized carbons (Fsp3) is 0.281. The van der Waals surface area contributed by atoms with Gasteiger partial charge in [-0.3, -0.25) is 9.59 Å². The molecule has 0 radical (unpaired) electrons. The van der Waals surface area contributed by atoms with Gasteiger partial charge in [0, 0.05) is 12.3 Å². The van der Waals surface area contributed by atoms with Gasteiger partial charge in [0.1, 0.15) is 23.4 Å². The van der Waals surface area contributed by atoms with Crippen LogP contribution in [0.1, 0.15) is 30.9 Å². The van der Waals surface area contributed by atoms with Gasteiger partial charge in [0.15, 0.2) is 0 Å². The van der Waals surface area contributed by atoms with Crippen LogP contribution >= 0.6 is 11.3 Å². The van der Waals surface area contributed by atoms with E-state index >= 15 is 0 Å². The highest BCUT2D eigenvalue weighted by atomic mass is 32.1. The van der Waals surface area contributed by atoms with Crippen LogP contribution in [0.5, 0.6) is 5.88 Å². The van der Waals surface area contributed by atoms with E-state index in [-0.39, 0.29) is 31.7 Å². The number of nitrogens with one attached hydrogen (secondary N) is 1. The number of benzene rings is 2. The van der Waals surface area contributed by atoms with Gasteiger partial charge < -0.3 is 25.2 Å². The van der Waals surface area contributed by atoms with Crippen molar-refractivity contribution in [3.63, 3.8) is 0 Å². The summed E-state index contributed by atoms with van der Waals surface area (Å²) in [4.78, 5) is 51.0. The lowest BCUT2D eigenvalue weighted by atomic mass is 10.1. The maximum atomic E-state index is 13.6. The zero-order chi connectivity index (χ0) is 30.1. The predicted octanol–water partition coefficient (Wildman–Crippen LogP) is 3.98. The van der Waals surface area contributed by atoms with E-state index in [4.69, 9.17) is 14.7 Å². The highest BCUT2D eigenvalue weighted by molar-refractivity contribution is 7.13. The summed E-state index contributed by atoms with van der Waals surface area (Å²) < 4.78 is 6.39. The third-order valence-corrected chi connectivity index (χ3v) is 8.91. The molecule has 1 saturated heterocycles. The number of ether oxygens (including phenoxy) is 1. The summed E-state index contributed by atoms with van der Waals surface area (Å²) in [5, 5.41) is 25.2. The molecule has 2 aliphatic rings. The Hall–Kier alpha value is -4.61. The third-order valence-electron chi connectivity index (χ3n) is 8.04. The quantitative estimate of drug-likeness (QED) is 0.233. The average molecular weight is 599 g/mol. The minimum Gasteiger partial charge on any atom is -0.479 e. The SMILES string of the molecule is C=C[C@@H]1C[C@]1(NC(=O)[C@@H]1C[C@@H](Oc2nc3ccccc3nc2-c2cccs2)CN1C(=O)C[C@H](O)c1ccccc1)C(=O)O. The van der Waals surface area contributed by atoms with E-state index < -0.39 is 47.5 Å². The first-order chi connectivity index (χ1) is 20.8. The first-order valence-electron chi connectivity index (χ1n) is 14.0. The van der Waals surface area contributed by atoms with Crippen molar-refractivity contribution in [1.82, 2.24) is 20.2 Å². The van der Waals surface area contributed by atoms with Crippen LogP contribution in [0.2, 0.25) is 0 Å². The summed E-state index contributed by atoms with van der Waals surface area (Å²) in [7, 11) is 0. The van der Waals surface area contributed by atoms with Crippen molar-refractivity contribution < 1.29 is 29.3 Å². The van der Waals surface area contributed by atoms with Crippen molar-refractivity contribution in [2.24, 2.45) is 5.92 Å². The van der Waals surface area contributed by atoms with Crippen molar-refractivity contribution in [2.45, 2.75) is 43.1 Å². The molecule has 3 N–H and O–H groups in total. The van der Waals surface area contributed by atoms with Crippen molar-refractivity contribution >= 4 is 40.2 Å². The van der Waals surface area contributed by atoms with Gasteiger partial charge in [-0.25, -0.2) is 14.8 Å². The second-order valence-corrected chi connectivity index (χ2v) is 11.8. The minimum atomic E-state index is -1.45. The molecule has 2 fully saturated rings. The van der Waals surface area contributed by atoms with Crippen LogP contribution in [0.4, 0.5) is 0 Å². The number of amides is 2. The van der Waals surface area contributed by atoms with Crippen LogP contribution in [0.25, 0.3) is 21.6 Å². The molecule has 2 amide bonds. The van der Waals surface area contributed by atoms with Crippen LogP contribution in [-0.2, 0) is 14.4 Å². The van der Waals surface area contributed by atoms with Crippen LogP contribution in [0.3, 0.4) is 0 Å². The Morgan fingerprint density at radius 1 is 1.09 bits per heavy atom.